The van der Waals surface area contributed by atoms with Crippen molar-refractivity contribution in [2.24, 2.45) is 5.92 Å². The molecule has 0 radical (unpaired) electrons. The van der Waals surface area contributed by atoms with Crippen LogP contribution in [0.4, 0.5) is 0 Å². The summed E-state index contributed by atoms with van der Waals surface area (Å²) in [6, 6.07) is 30.0. The molecule has 0 amide bonds. The Morgan fingerprint density at radius 3 is 1.78 bits per heavy atom. The first-order valence-corrected chi connectivity index (χ1v) is 11.9. The fourth-order valence-electron chi connectivity index (χ4n) is 4.95. The molecule has 2 heteroatoms. The summed E-state index contributed by atoms with van der Waals surface area (Å²) in [5.74, 6) is 1.24. The van der Waals surface area contributed by atoms with Gasteiger partial charge in [0.2, 0.25) is 0 Å². The third-order valence-electron chi connectivity index (χ3n) is 6.86. The SMILES string of the molecule is CC(C)(C)c1ccc(C(=O)CN2CCC(C(c3ccccc3)c3ccccc3)CC2)cc1. The van der Waals surface area contributed by atoms with Gasteiger partial charge < -0.3 is 0 Å². The van der Waals surface area contributed by atoms with Gasteiger partial charge in [0, 0.05) is 11.5 Å². The molecular weight excluding hydrogens is 390 g/mol. The predicted octanol–water partition coefficient (Wildman–Crippen LogP) is 6.71. The van der Waals surface area contributed by atoms with Crippen molar-refractivity contribution in [2.45, 2.75) is 44.9 Å². The quantitative estimate of drug-likeness (QED) is 0.409. The second-order valence-corrected chi connectivity index (χ2v) is 10.2. The number of carbonyl (C=O) groups is 1. The summed E-state index contributed by atoms with van der Waals surface area (Å²) in [5.41, 5.74) is 4.99. The Labute approximate surface area is 193 Å². The maximum atomic E-state index is 12.9. The van der Waals surface area contributed by atoms with Gasteiger partial charge in [-0.15, -0.1) is 0 Å². The Morgan fingerprint density at radius 1 is 0.812 bits per heavy atom. The summed E-state index contributed by atoms with van der Waals surface area (Å²) in [6.45, 7) is 9.08. The number of hydrogen-bond acceptors (Lipinski definition) is 2. The maximum Gasteiger partial charge on any atom is 0.176 e. The molecule has 4 rings (SSSR count). The zero-order chi connectivity index (χ0) is 22.6. The molecule has 0 bridgehead atoms. The summed E-state index contributed by atoms with van der Waals surface area (Å²) in [4.78, 5) is 15.2. The van der Waals surface area contributed by atoms with E-state index in [0.29, 0.717) is 18.4 Å². The molecule has 0 aromatic heterocycles. The molecule has 1 aliphatic rings. The Hall–Kier alpha value is -2.71. The number of nitrogens with zero attached hydrogens (tertiary/aromatic N) is 1. The van der Waals surface area contributed by atoms with Crippen molar-refractivity contribution in [2.75, 3.05) is 19.6 Å². The molecule has 3 aromatic rings. The third-order valence-corrected chi connectivity index (χ3v) is 6.86. The van der Waals surface area contributed by atoms with Gasteiger partial charge in [-0.05, 0) is 54.0 Å². The fraction of sp³-hybridized carbons (Fsp3) is 0.367. The van der Waals surface area contributed by atoms with Crippen molar-refractivity contribution >= 4 is 5.78 Å². The molecule has 3 aromatic carbocycles. The van der Waals surface area contributed by atoms with Crippen LogP contribution in [-0.4, -0.2) is 30.3 Å². The molecule has 32 heavy (non-hydrogen) atoms. The topological polar surface area (TPSA) is 20.3 Å². The molecule has 1 saturated heterocycles. The van der Waals surface area contributed by atoms with Crippen LogP contribution in [-0.2, 0) is 5.41 Å². The number of rotatable bonds is 6. The number of carbonyl (C=O) groups excluding carboxylic acids is 1. The maximum absolute atomic E-state index is 12.9. The van der Waals surface area contributed by atoms with Crippen LogP contribution in [0.2, 0.25) is 0 Å². The lowest BCUT2D eigenvalue weighted by atomic mass is 9.76. The zero-order valence-corrected chi connectivity index (χ0v) is 19.6. The van der Waals surface area contributed by atoms with Gasteiger partial charge >= 0.3 is 0 Å². The van der Waals surface area contributed by atoms with Gasteiger partial charge in [0.1, 0.15) is 0 Å². The molecule has 0 atom stereocenters. The Balaban J connectivity index is 1.40. The van der Waals surface area contributed by atoms with Crippen molar-refractivity contribution < 1.29 is 4.79 Å². The molecule has 166 valence electrons. The van der Waals surface area contributed by atoms with Crippen molar-refractivity contribution in [3.63, 3.8) is 0 Å². The molecular formula is C30H35NO. The lowest BCUT2D eigenvalue weighted by molar-refractivity contribution is 0.0891. The van der Waals surface area contributed by atoms with Gasteiger partial charge in [-0.2, -0.15) is 0 Å². The molecule has 1 fully saturated rings. The average molecular weight is 426 g/mol. The van der Waals surface area contributed by atoms with E-state index in [4.69, 9.17) is 0 Å². The van der Waals surface area contributed by atoms with Crippen LogP contribution in [0.15, 0.2) is 84.9 Å². The monoisotopic (exact) mass is 425 g/mol. The van der Waals surface area contributed by atoms with Crippen LogP contribution in [0.25, 0.3) is 0 Å². The van der Waals surface area contributed by atoms with Crippen LogP contribution in [0, 0.1) is 5.92 Å². The van der Waals surface area contributed by atoms with Crippen LogP contribution in [0.1, 0.15) is 66.6 Å². The van der Waals surface area contributed by atoms with E-state index < -0.39 is 0 Å². The fourth-order valence-corrected chi connectivity index (χ4v) is 4.95. The van der Waals surface area contributed by atoms with Gasteiger partial charge in [0.25, 0.3) is 0 Å². The van der Waals surface area contributed by atoms with Gasteiger partial charge in [-0.1, -0.05) is 106 Å². The summed E-state index contributed by atoms with van der Waals surface area (Å²) in [7, 11) is 0. The van der Waals surface area contributed by atoms with Gasteiger partial charge in [0.05, 0.1) is 6.54 Å². The molecule has 2 nitrogen and oxygen atoms in total. The molecule has 0 unspecified atom stereocenters. The lowest BCUT2D eigenvalue weighted by Crippen LogP contribution is -2.39. The van der Waals surface area contributed by atoms with E-state index in [2.05, 4.69) is 98.5 Å². The summed E-state index contributed by atoms with van der Waals surface area (Å²) in [6.07, 6.45) is 2.23. The second-order valence-electron chi connectivity index (χ2n) is 10.2. The highest BCUT2D eigenvalue weighted by molar-refractivity contribution is 5.97. The van der Waals surface area contributed by atoms with E-state index in [1.54, 1.807) is 0 Å². The molecule has 0 aliphatic carbocycles. The highest BCUT2D eigenvalue weighted by Gasteiger charge is 2.29. The van der Waals surface area contributed by atoms with Crippen LogP contribution < -0.4 is 0 Å². The summed E-state index contributed by atoms with van der Waals surface area (Å²) in [5, 5.41) is 0. The van der Waals surface area contributed by atoms with Crippen LogP contribution in [0.5, 0.6) is 0 Å². The molecule has 0 N–H and O–H groups in total. The zero-order valence-electron chi connectivity index (χ0n) is 19.6. The minimum absolute atomic E-state index is 0.109. The second kappa shape index (κ2) is 9.83. The van der Waals surface area contributed by atoms with Crippen molar-refractivity contribution in [3.05, 3.63) is 107 Å². The average Bonchev–Trinajstić information content (AvgIpc) is 2.81. The largest absolute Gasteiger partial charge is 0.296 e. The number of Topliss-reactive ketones (excluding diaryl/α,β-unsaturated/α-hetero) is 1. The first kappa shape index (κ1) is 22.5. The lowest BCUT2D eigenvalue weighted by Gasteiger charge is -2.36. The minimum Gasteiger partial charge on any atom is -0.296 e. The standard InChI is InChI=1S/C30H35NO/c1-30(2,3)27-16-14-23(15-17-27)28(32)22-31-20-18-26(19-21-31)29(24-10-6-4-7-11-24)25-12-8-5-9-13-25/h4-17,26,29H,18-22H2,1-3H3. The van der Waals surface area contributed by atoms with E-state index in [1.807, 2.05) is 12.1 Å². The third kappa shape index (κ3) is 5.37. The Morgan fingerprint density at radius 2 is 1.31 bits per heavy atom. The van der Waals surface area contributed by atoms with E-state index in [9.17, 15) is 4.79 Å². The van der Waals surface area contributed by atoms with Gasteiger partial charge in [-0.3, -0.25) is 9.69 Å². The predicted molar refractivity (Wildman–Crippen MR) is 133 cm³/mol. The molecule has 1 aliphatic heterocycles. The smallest absolute Gasteiger partial charge is 0.176 e. The number of likely N-dealkylation sites (tertiary alicyclic amines) is 1. The molecule has 0 saturated carbocycles. The van der Waals surface area contributed by atoms with Crippen LogP contribution in [0.3, 0.4) is 0 Å². The number of benzene rings is 3. The highest BCUT2D eigenvalue weighted by atomic mass is 16.1. The van der Waals surface area contributed by atoms with Crippen LogP contribution >= 0.6 is 0 Å². The number of hydrogen-bond donors (Lipinski definition) is 0. The van der Waals surface area contributed by atoms with Crippen molar-refractivity contribution in [1.29, 1.82) is 0 Å². The first-order chi connectivity index (χ1) is 15.4. The van der Waals surface area contributed by atoms with Gasteiger partial charge in [0.15, 0.2) is 5.78 Å². The van der Waals surface area contributed by atoms with E-state index in [0.717, 1.165) is 31.5 Å². The Bertz CT molecular complexity index is 955. The molecule has 0 spiro atoms. The number of piperidine rings is 1. The van der Waals surface area contributed by atoms with E-state index in [-0.39, 0.29) is 11.2 Å². The summed E-state index contributed by atoms with van der Waals surface area (Å²) >= 11 is 0. The van der Waals surface area contributed by atoms with E-state index >= 15 is 0 Å². The number of ketones is 1. The van der Waals surface area contributed by atoms with E-state index in [1.165, 1.54) is 16.7 Å². The summed E-state index contributed by atoms with van der Waals surface area (Å²) < 4.78 is 0. The minimum atomic E-state index is 0.109. The molecule has 1 heterocycles. The Kier molecular flexibility index (Phi) is 6.91. The highest BCUT2D eigenvalue weighted by Crippen LogP contribution is 2.38. The van der Waals surface area contributed by atoms with Crippen molar-refractivity contribution in [1.82, 2.24) is 4.90 Å². The van der Waals surface area contributed by atoms with Gasteiger partial charge in [-0.25, -0.2) is 0 Å². The first-order valence-electron chi connectivity index (χ1n) is 11.9. The van der Waals surface area contributed by atoms with Crippen molar-refractivity contribution in [3.8, 4) is 0 Å². The normalized spacial score (nSPS) is 15.8.